The zero-order valence-electron chi connectivity index (χ0n) is 8.34. The topological polar surface area (TPSA) is 43.1 Å². The Kier molecular flexibility index (Phi) is 4.07. The van der Waals surface area contributed by atoms with E-state index in [1.807, 2.05) is 0 Å². The van der Waals surface area contributed by atoms with E-state index in [0.717, 1.165) is 12.7 Å². The first-order valence-corrected chi connectivity index (χ1v) is 7.73. The van der Waals surface area contributed by atoms with E-state index in [0.29, 0.717) is 16.1 Å². The van der Waals surface area contributed by atoms with Gasteiger partial charge in [-0.05, 0) is 72.1 Å². The molecule has 0 aliphatic rings. The molecule has 2 aromatic rings. The van der Waals surface area contributed by atoms with Crippen LogP contribution in [0, 0.1) is 0 Å². The van der Waals surface area contributed by atoms with E-state index in [4.69, 9.17) is 5.73 Å². The van der Waals surface area contributed by atoms with Crippen LogP contribution in [0.4, 0.5) is 5.69 Å². The summed E-state index contributed by atoms with van der Waals surface area (Å²) in [7, 11) is 0. The fourth-order valence-corrected chi connectivity index (χ4v) is 3.65. The van der Waals surface area contributed by atoms with E-state index in [9.17, 15) is 4.79 Å². The SMILES string of the molecule is Nc1ccc(C(=O)c2cc(Br)c(Br)s2)cc1Br. The lowest BCUT2D eigenvalue weighted by atomic mass is 10.1. The molecule has 0 unspecified atom stereocenters. The van der Waals surface area contributed by atoms with Crippen molar-refractivity contribution in [3.8, 4) is 0 Å². The Morgan fingerprint density at radius 1 is 1.12 bits per heavy atom. The molecule has 0 saturated carbocycles. The van der Waals surface area contributed by atoms with Gasteiger partial charge in [-0.3, -0.25) is 4.79 Å². The van der Waals surface area contributed by atoms with Gasteiger partial charge in [-0.25, -0.2) is 0 Å². The summed E-state index contributed by atoms with van der Waals surface area (Å²) < 4.78 is 2.54. The maximum atomic E-state index is 12.2. The Hall–Kier alpha value is -0.170. The highest BCUT2D eigenvalue weighted by Crippen LogP contribution is 2.34. The highest BCUT2D eigenvalue weighted by atomic mass is 79.9. The molecule has 0 fully saturated rings. The molecular formula is C11H6Br3NOS. The van der Waals surface area contributed by atoms with Crippen molar-refractivity contribution in [1.29, 1.82) is 0 Å². The lowest BCUT2D eigenvalue weighted by Crippen LogP contribution is -1.99. The van der Waals surface area contributed by atoms with E-state index in [2.05, 4.69) is 47.8 Å². The van der Waals surface area contributed by atoms with Crippen LogP contribution < -0.4 is 5.73 Å². The van der Waals surface area contributed by atoms with Crippen molar-refractivity contribution < 1.29 is 4.79 Å². The van der Waals surface area contributed by atoms with Crippen LogP contribution in [-0.4, -0.2) is 5.78 Å². The summed E-state index contributed by atoms with van der Waals surface area (Å²) in [6.45, 7) is 0. The van der Waals surface area contributed by atoms with E-state index in [1.54, 1.807) is 24.3 Å². The summed E-state index contributed by atoms with van der Waals surface area (Å²) in [6, 6.07) is 6.99. The molecule has 0 aliphatic carbocycles. The average Bonchev–Trinajstić information content (AvgIpc) is 2.62. The van der Waals surface area contributed by atoms with Crippen LogP contribution in [0.15, 0.2) is 37.0 Å². The normalized spacial score (nSPS) is 10.5. The molecule has 2 rings (SSSR count). The summed E-state index contributed by atoms with van der Waals surface area (Å²) in [5.74, 6) is -0.0119. The molecule has 2 N–H and O–H groups in total. The number of benzene rings is 1. The minimum Gasteiger partial charge on any atom is -0.398 e. The average molecular weight is 440 g/mol. The largest absolute Gasteiger partial charge is 0.398 e. The van der Waals surface area contributed by atoms with E-state index in [-0.39, 0.29) is 5.78 Å². The van der Waals surface area contributed by atoms with Crippen molar-refractivity contribution in [3.05, 3.63) is 47.4 Å². The van der Waals surface area contributed by atoms with Crippen molar-refractivity contribution >= 4 is 70.6 Å². The molecule has 0 atom stereocenters. The maximum absolute atomic E-state index is 12.2. The quantitative estimate of drug-likeness (QED) is 0.537. The summed E-state index contributed by atoms with van der Waals surface area (Å²) in [5.41, 5.74) is 6.92. The number of carbonyl (C=O) groups is 1. The van der Waals surface area contributed by atoms with E-state index in [1.165, 1.54) is 11.3 Å². The molecule has 1 aromatic carbocycles. The van der Waals surface area contributed by atoms with Crippen LogP contribution in [0.3, 0.4) is 0 Å². The van der Waals surface area contributed by atoms with Gasteiger partial charge < -0.3 is 5.73 Å². The number of ketones is 1. The van der Waals surface area contributed by atoms with Gasteiger partial charge in [0.05, 0.1) is 8.66 Å². The second-order valence-electron chi connectivity index (χ2n) is 3.30. The Morgan fingerprint density at radius 2 is 1.82 bits per heavy atom. The lowest BCUT2D eigenvalue weighted by Gasteiger charge is -2.01. The Morgan fingerprint density at radius 3 is 2.35 bits per heavy atom. The predicted octanol–water partition coefficient (Wildman–Crippen LogP) is 4.85. The van der Waals surface area contributed by atoms with Crippen molar-refractivity contribution in [2.24, 2.45) is 0 Å². The summed E-state index contributed by atoms with van der Waals surface area (Å²) >= 11 is 11.5. The molecular weight excluding hydrogens is 434 g/mol. The first kappa shape index (κ1) is 13.3. The van der Waals surface area contributed by atoms with Gasteiger partial charge in [-0.2, -0.15) is 0 Å². The van der Waals surface area contributed by atoms with Crippen molar-refractivity contribution in [2.45, 2.75) is 0 Å². The van der Waals surface area contributed by atoms with Gasteiger partial charge in [0.1, 0.15) is 0 Å². The molecule has 0 aliphatic heterocycles. The van der Waals surface area contributed by atoms with Gasteiger partial charge in [0.25, 0.3) is 0 Å². The van der Waals surface area contributed by atoms with Gasteiger partial charge >= 0.3 is 0 Å². The second-order valence-corrected chi connectivity index (χ2v) is 7.38. The molecule has 2 nitrogen and oxygen atoms in total. The molecule has 0 saturated heterocycles. The Balaban J connectivity index is 2.40. The number of nitrogens with two attached hydrogens (primary N) is 1. The smallest absolute Gasteiger partial charge is 0.203 e. The molecule has 88 valence electrons. The third-order valence-corrected chi connectivity index (χ3v) is 6.07. The zero-order valence-corrected chi connectivity index (χ0v) is 13.9. The van der Waals surface area contributed by atoms with Crippen molar-refractivity contribution in [2.75, 3.05) is 5.73 Å². The van der Waals surface area contributed by atoms with E-state index < -0.39 is 0 Å². The molecule has 0 amide bonds. The first-order valence-electron chi connectivity index (χ1n) is 4.53. The highest BCUT2D eigenvalue weighted by Gasteiger charge is 2.14. The predicted molar refractivity (Wildman–Crippen MR) is 81.7 cm³/mol. The number of anilines is 1. The van der Waals surface area contributed by atoms with E-state index >= 15 is 0 Å². The lowest BCUT2D eigenvalue weighted by molar-refractivity contribution is 0.104. The van der Waals surface area contributed by atoms with Gasteiger partial charge in [0.15, 0.2) is 0 Å². The van der Waals surface area contributed by atoms with Crippen LogP contribution in [-0.2, 0) is 0 Å². The standard InChI is InChI=1S/C11H6Br3NOS/c12-6-3-5(1-2-8(6)15)10(16)9-4-7(13)11(14)17-9/h1-4H,15H2. The number of halogens is 3. The number of hydrogen-bond donors (Lipinski definition) is 1. The molecule has 1 aromatic heterocycles. The molecule has 17 heavy (non-hydrogen) atoms. The zero-order chi connectivity index (χ0) is 12.6. The molecule has 0 radical (unpaired) electrons. The minimum atomic E-state index is -0.0119. The van der Waals surface area contributed by atoms with Crippen LogP contribution in [0.25, 0.3) is 0 Å². The number of hydrogen-bond acceptors (Lipinski definition) is 3. The third-order valence-electron chi connectivity index (χ3n) is 2.13. The van der Waals surface area contributed by atoms with Crippen molar-refractivity contribution in [3.63, 3.8) is 0 Å². The first-order chi connectivity index (χ1) is 7.99. The van der Waals surface area contributed by atoms with Gasteiger partial charge in [0, 0.05) is 20.2 Å². The Bertz CT molecular complexity index is 575. The Labute approximate surface area is 128 Å². The van der Waals surface area contributed by atoms with Crippen LogP contribution in [0.5, 0.6) is 0 Å². The monoisotopic (exact) mass is 437 g/mol. The van der Waals surface area contributed by atoms with Crippen LogP contribution in [0.2, 0.25) is 0 Å². The molecule has 0 bridgehead atoms. The third kappa shape index (κ3) is 2.81. The number of nitrogen functional groups attached to an aromatic ring is 1. The summed E-state index contributed by atoms with van der Waals surface area (Å²) in [6.07, 6.45) is 0. The number of carbonyl (C=O) groups excluding carboxylic acids is 1. The summed E-state index contributed by atoms with van der Waals surface area (Å²) in [5, 5.41) is 0. The van der Waals surface area contributed by atoms with Gasteiger partial charge in [-0.15, -0.1) is 11.3 Å². The summed E-state index contributed by atoms with van der Waals surface area (Å²) in [4.78, 5) is 12.9. The molecule has 0 spiro atoms. The number of thiophene rings is 1. The molecule has 1 heterocycles. The fourth-order valence-electron chi connectivity index (χ4n) is 1.27. The fraction of sp³-hybridized carbons (Fsp3) is 0. The van der Waals surface area contributed by atoms with Crippen LogP contribution >= 0.6 is 59.1 Å². The van der Waals surface area contributed by atoms with Gasteiger partial charge in [0.2, 0.25) is 5.78 Å². The van der Waals surface area contributed by atoms with Gasteiger partial charge in [-0.1, -0.05) is 0 Å². The van der Waals surface area contributed by atoms with Crippen LogP contribution in [0.1, 0.15) is 15.2 Å². The van der Waals surface area contributed by atoms with Crippen molar-refractivity contribution in [1.82, 2.24) is 0 Å². The molecule has 6 heteroatoms. The minimum absolute atomic E-state index is 0.0119. The number of rotatable bonds is 2. The second kappa shape index (κ2) is 5.22. The highest BCUT2D eigenvalue weighted by molar-refractivity contribution is 9.13. The maximum Gasteiger partial charge on any atom is 0.203 e.